The molecule has 3 aromatic rings. The fourth-order valence-electron chi connectivity index (χ4n) is 2.74. The summed E-state index contributed by atoms with van der Waals surface area (Å²) in [6.45, 7) is 3.54. The molecule has 3 rings (SSSR count). The molecule has 1 aromatic carbocycles. The van der Waals surface area contributed by atoms with E-state index in [4.69, 9.17) is 14.3 Å². The maximum absolute atomic E-state index is 12.9. The van der Waals surface area contributed by atoms with Gasteiger partial charge in [0.15, 0.2) is 6.61 Å². The zero-order valence-corrected chi connectivity index (χ0v) is 16.8. The number of fused-ring (bicyclic) bond motifs is 1. The van der Waals surface area contributed by atoms with Crippen LogP contribution in [-0.4, -0.2) is 35.1 Å². The van der Waals surface area contributed by atoms with Gasteiger partial charge in [-0.05, 0) is 25.0 Å². The van der Waals surface area contributed by atoms with Gasteiger partial charge >= 0.3 is 5.97 Å². The van der Waals surface area contributed by atoms with Crippen molar-refractivity contribution in [2.45, 2.75) is 26.7 Å². The molecule has 2 heterocycles. The van der Waals surface area contributed by atoms with Crippen LogP contribution in [0.15, 0.2) is 33.0 Å². The van der Waals surface area contributed by atoms with Gasteiger partial charge < -0.3 is 19.6 Å². The lowest BCUT2D eigenvalue weighted by Gasteiger charge is -2.12. The summed E-state index contributed by atoms with van der Waals surface area (Å²) in [6, 6.07) is 3.31. The van der Waals surface area contributed by atoms with Gasteiger partial charge in [0.25, 0.3) is 5.91 Å². The third-order valence-electron chi connectivity index (χ3n) is 4.21. The molecule has 0 unspecified atom stereocenters. The number of aromatic nitrogens is 1. The smallest absolute Gasteiger partial charge is 0.305 e. The quantitative estimate of drug-likeness (QED) is 0.579. The maximum Gasteiger partial charge on any atom is 0.305 e. The number of ether oxygens (including phenoxy) is 1. The zero-order chi connectivity index (χ0) is 21.0. The minimum absolute atomic E-state index is 0.0315. The minimum atomic E-state index is -0.990. The average molecular weight is 416 g/mol. The highest BCUT2D eigenvalue weighted by Crippen LogP contribution is 2.28. The predicted octanol–water partition coefficient (Wildman–Crippen LogP) is 2.76. The number of carboxylic acids is 1. The molecule has 8 nitrogen and oxygen atoms in total. The van der Waals surface area contributed by atoms with E-state index < -0.39 is 11.9 Å². The van der Waals surface area contributed by atoms with Crippen molar-refractivity contribution < 1.29 is 23.8 Å². The maximum atomic E-state index is 12.9. The third kappa shape index (κ3) is 4.80. The molecule has 0 aliphatic rings. The first-order valence-electron chi connectivity index (χ1n) is 9.01. The molecule has 0 aliphatic heterocycles. The van der Waals surface area contributed by atoms with Gasteiger partial charge in [0.05, 0.1) is 17.4 Å². The average Bonchev–Trinajstić information content (AvgIpc) is 3.11. The Morgan fingerprint density at radius 2 is 2.14 bits per heavy atom. The monoisotopic (exact) mass is 416 g/mol. The predicted molar refractivity (Wildman–Crippen MR) is 108 cm³/mol. The molecule has 2 aromatic heterocycles. The molecule has 0 fully saturated rings. The molecular formula is C20H20N2O6S. The number of carboxylic acid groups (broad SMARTS) is 1. The molecule has 0 atom stereocenters. The lowest BCUT2D eigenvalue weighted by atomic mass is 10.1. The fourth-order valence-corrected chi connectivity index (χ4v) is 3.54. The normalized spacial score (nSPS) is 10.8. The highest BCUT2D eigenvalue weighted by molar-refractivity contribution is 7.13. The fraction of sp³-hybridized carbons (Fsp3) is 0.300. The number of rotatable bonds is 8. The number of thiazole rings is 1. The summed E-state index contributed by atoms with van der Waals surface area (Å²) in [4.78, 5) is 39.6. The van der Waals surface area contributed by atoms with E-state index in [2.05, 4.69) is 10.3 Å². The molecule has 152 valence electrons. The second-order valence-corrected chi connectivity index (χ2v) is 7.22. The van der Waals surface area contributed by atoms with E-state index in [9.17, 15) is 14.4 Å². The molecule has 0 saturated carbocycles. The highest BCUT2D eigenvalue weighted by Gasteiger charge is 2.15. The second-order valence-electron chi connectivity index (χ2n) is 6.36. The summed E-state index contributed by atoms with van der Waals surface area (Å²) < 4.78 is 11.2. The van der Waals surface area contributed by atoms with Crippen LogP contribution in [-0.2, 0) is 16.0 Å². The summed E-state index contributed by atoms with van der Waals surface area (Å²) in [5, 5.41) is 14.0. The minimum Gasteiger partial charge on any atom is -0.483 e. The van der Waals surface area contributed by atoms with Crippen molar-refractivity contribution in [1.82, 2.24) is 10.3 Å². The summed E-state index contributed by atoms with van der Waals surface area (Å²) in [6.07, 6.45) is 1.82. The van der Waals surface area contributed by atoms with Crippen LogP contribution in [0.2, 0.25) is 0 Å². The van der Waals surface area contributed by atoms with Crippen molar-refractivity contribution >= 4 is 34.2 Å². The van der Waals surface area contributed by atoms with Gasteiger partial charge in [-0.3, -0.25) is 14.4 Å². The van der Waals surface area contributed by atoms with E-state index in [0.717, 1.165) is 11.3 Å². The Kier molecular flexibility index (Phi) is 6.28. The molecule has 0 bridgehead atoms. The number of hydrogen-bond acceptors (Lipinski definition) is 7. The second kappa shape index (κ2) is 8.87. The molecule has 2 N–H and O–H groups in total. The Bertz CT molecular complexity index is 1120. The van der Waals surface area contributed by atoms with Gasteiger partial charge in [-0.2, -0.15) is 0 Å². The van der Waals surface area contributed by atoms with Gasteiger partial charge in [-0.1, -0.05) is 6.92 Å². The summed E-state index contributed by atoms with van der Waals surface area (Å²) in [5.74, 6) is -0.977. The SMILES string of the molecule is CCc1cc2c(=O)c(-c3nc(C)cs3)coc2cc1OCC(=O)NCCC(=O)O. The van der Waals surface area contributed by atoms with Crippen LogP contribution in [0.3, 0.4) is 0 Å². The Balaban J connectivity index is 1.83. The number of nitrogens with zero attached hydrogens (tertiary/aromatic N) is 1. The first-order chi connectivity index (χ1) is 13.9. The van der Waals surface area contributed by atoms with Crippen molar-refractivity contribution in [3.8, 4) is 16.3 Å². The van der Waals surface area contributed by atoms with E-state index in [0.29, 0.717) is 33.7 Å². The van der Waals surface area contributed by atoms with Gasteiger partial charge in [0, 0.05) is 23.7 Å². The van der Waals surface area contributed by atoms with Crippen LogP contribution in [0.1, 0.15) is 24.6 Å². The van der Waals surface area contributed by atoms with Crippen LogP contribution in [0, 0.1) is 6.92 Å². The Morgan fingerprint density at radius 3 is 2.79 bits per heavy atom. The molecule has 0 spiro atoms. The first kappa shape index (κ1) is 20.5. The summed E-state index contributed by atoms with van der Waals surface area (Å²) in [5.41, 5.74) is 2.18. The van der Waals surface area contributed by atoms with Gasteiger partial charge in [-0.15, -0.1) is 11.3 Å². The van der Waals surface area contributed by atoms with Crippen LogP contribution >= 0.6 is 11.3 Å². The molecule has 1 amide bonds. The van der Waals surface area contributed by atoms with E-state index in [1.165, 1.54) is 17.6 Å². The molecule has 9 heteroatoms. The van der Waals surface area contributed by atoms with Crippen LogP contribution < -0.4 is 15.5 Å². The highest BCUT2D eigenvalue weighted by atomic mass is 32.1. The largest absolute Gasteiger partial charge is 0.483 e. The van der Waals surface area contributed by atoms with E-state index in [1.807, 2.05) is 19.2 Å². The number of benzene rings is 1. The molecule has 0 radical (unpaired) electrons. The summed E-state index contributed by atoms with van der Waals surface area (Å²) in [7, 11) is 0. The number of nitrogens with one attached hydrogen (secondary N) is 1. The number of carbonyl (C=O) groups excluding carboxylic acids is 1. The molecule has 0 saturated heterocycles. The molecule has 0 aliphatic carbocycles. The Labute approximate surface area is 170 Å². The number of aliphatic carboxylic acids is 1. The van der Waals surface area contributed by atoms with E-state index in [1.54, 1.807) is 12.1 Å². The number of aryl methyl sites for hydroxylation is 2. The van der Waals surface area contributed by atoms with Crippen molar-refractivity contribution in [2.24, 2.45) is 0 Å². The topological polar surface area (TPSA) is 119 Å². The van der Waals surface area contributed by atoms with Gasteiger partial charge in [0.1, 0.15) is 22.6 Å². The number of hydrogen-bond donors (Lipinski definition) is 2. The standard InChI is InChI=1S/C20H20N2O6S/c1-3-12-6-13-16(7-15(12)28-9-17(23)21-5-4-18(24)25)27-8-14(19(13)26)20-22-11(2)10-29-20/h6-8,10H,3-5,9H2,1-2H3,(H,21,23)(H,24,25). The molecular weight excluding hydrogens is 396 g/mol. The first-order valence-corrected chi connectivity index (χ1v) is 9.89. The van der Waals surface area contributed by atoms with Crippen molar-refractivity contribution in [3.63, 3.8) is 0 Å². The summed E-state index contributed by atoms with van der Waals surface area (Å²) >= 11 is 1.38. The van der Waals surface area contributed by atoms with Crippen molar-refractivity contribution in [1.29, 1.82) is 0 Å². The number of carbonyl (C=O) groups is 2. The van der Waals surface area contributed by atoms with Gasteiger partial charge in [0.2, 0.25) is 5.43 Å². The van der Waals surface area contributed by atoms with Crippen LogP contribution in [0.5, 0.6) is 5.75 Å². The van der Waals surface area contributed by atoms with Crippen molar-refractivity contribution in [2.75, 3.05) is 13.2 Å². The number of amides is 1. The van der Waals surface area contributed by atoms with E-state index in [-0.39, 0.29) is 25.0 Å². The van der Waals surface area contributed by atoms with E-state index >= 15 is 0 Å². The van der Waals surface area contributed by atoms with Gasteiger partial charge in [-0.25, -0.2) is 4.98 Å². The van der Waals surface area contributed by atoms with Crippen molar-refractivity contribution in [3.05, 3.63) is 45.3 Å². The van der Waals surface area contributed by atoms with Crippen LogP contribution in [0.25, 0.3) is 21.5 Å². The Morgan fingerprint density at radius 1 is 1.34 bits per heavy atom. The third-order valence-corrected chi connectivity index (χ3v) is 5.20. The molecule has 29 heavy (non-hydrogen) atoms. The zero-order valence-electron chi connectivity index (χ0n) is 16.0. The Hall–Kier alpha value is -3.20. The lowest BCUT2D eigenvalue weighted by Crippen LogP contribution is -2.30. The lowest BCUT2D eigenvalue weighted by molar-refractivity contribution is -0.137. The van der Waals surface area contributed by atoms with Crippen LogP contribution in [0.4, 0.5) is 0 Å².